The first-order chi connectivity index (χ1) is 9.68. The summed E-state index contributed by atoms with van der Waals surface area (Å²) in [6, 6.07) is 0. The van der Waals surface area contributed by atoms with E-state index in [-0.39, 0.29) is 15.7 Å². The number of aromatic nitrogens is 1. The van der Waals surface area contributed by atoms with Crippen LogP contribution in [0.3, 0.4) is 0 Å². The van der Waals surface area contributed by atoms with Crippen molar-refractivity contribution in [3.05, 3.63) is 6.20 Å². The lowest BCUT2D eigenvalue weighted by molar-refractivity contribution is -0.0814. The number of primary sulfonamides is 1. The third-order valence-electron chi connectivity index (χ3n) is 3.58. The van der Waals surface area contributed by atoms with E-state index in [1.807, 2.05) is 0 Å². The topological polar surface area (TPSA) is 94.3 Å². The standard InChI is InChI=1S/C13H23N3O3S2/c1-13(2,3)11-9(5-4-6-19-11)7-15-12-16-8-10(20-12)21(14,17)18/h8-9,11H,4-7H2,1-3H3,(H,15,16)(H2,14,17,18). The third kappa shape index (κ3) is 4.38. The van der Waals surface area contributed by atoms with Crippen molar-refractivity contribution >= 4 is 26.5 Å². The van der Waals surface area contributed by atoms with Gasteiger partial charge < -0.3 is 10.1 Å². The maximum Gasteiger partial charge on any atom is 0.249 e. The number of sulfonamides is 1. The van der Waals surface area contributed by atoms with Gasteiger partial charge in [-0.25, -0.2) is 18.5 Å². The Morgan fingerprint density at radius 2 is 2.24 bits per heavy atom. The van der Waals surface area contributed by atoms with Crippen LogP contribution in [0.4, 0.5) is 5.13 Å². The summed E-state index contributed by atoms with van der Waals surface area (Å²) in [5.74, 6) is 0.389. The largest absolute Gasteiger partial charge is 0.377 e. The molecule has 120 valence electrons. The molecule has 2 rings (SSSR count). The first-order valence-electron chi connectivity index (χ1n) is 7.02. The minimum atomic E-state index is -3.67. The molecule has 3 N–H and O–H groups in total. The molecule has 0 aromatic carbocycles. The van der Waals surface area contributed by atoms with Crippen molar-refractivity contribution in [3.8, 4) is 0 Å². The van der Waals surface area contributed by atoms with Gasteiger partial charge in [-0.3, -0.25) is 0 Å². The molecule has 0 spiro atoms. The van der Waals surface area contributed by atoms with Crippen molar-refractivity contribution in [2.45, 2.75) is 43.9 Å². The second-order valence-corrected chi connectivity index (χ2v) is 9.29. The molecule has 0 amide bonds. The fraction of sp³-hybridized carbons (Fsp3) is 0.769. The Bertz CT molecular complexity index is 578. The Hall–Kier alpha value is -0.700. The Balaban J connectivity index is 1.99. The predicted octanol–water partition coefficient (Wildman–Crippen LogP) is 2.04. The number of nitrogens with one attached hydrogen (secondary N) is 1. The third-order valence-corrected chi connectivity index (χ3v) is 5.94. The van der Waals surface area contributed by atoms with E-state index in [1.54, 1.807) is 0 Å². The Kier molecular flexibility index (Phi) is 4.92. The molecule has 21 heavy (non-hydrogen) atoms. The summed E-state index contributed by atoms with van der Waals surface area (Å²) in [5.41, 5.74) is 0.0847. The monoisotopic (exact) mass is 333 g/mol. The summed E-state index contributed by atoms with van der Waals surface area (Å²) in [5, 5.41) is 8.88. The van der Waals surface area contributed by atoms with Crippen LogP contribution in [0.5, 0.6) is 0 Å². The summed E-state index contributed by atoms with van der Waals surface area (Å²) in [6.07, 6.45) is 3.64. The highest BCUT2D eigenvalue weighted by Crippen LogP contribution is 2.34. The molecule has 8 heteroatoms. The SMILES string of the molecule is CC(C)(C)C1OCCCC1CNc1ncc(S(N)(=O)=O)s1. The van der Waals surface area contributed by atoms with Gasteiger partial charge in [0.25, 0.3) is 0 Å². The van der Waals surface area contributed by atoms with Crippen molar-refractivity contribution in [2.24, 2.45) is 16.5 Å². The summed E-state index contributed by atoms with van der Waals surface area (Å²) in [6.45, 7) is 8.07. The van der Waals surface area contributed by atoms with Gasteiger partial charge in [-0.15, -0.1) is 0 Å². The first kappa shape index (κ1) is 16.7. The molecule has 0 radical (unpaired) electrons. The molecular formula is C13H23N3O3S2. The highest BCUT2D eigenvalue weighted by atomic mass is 32.2. The summed E-state index contributed by atoms with van der Waals surface area (Å²) >= 11 is 1.06. The highest BCUT2D eigenvalue weighted by Gasteiger charge is 2.35. The first-order valence-corrected chi connectivity index (χ1v) is 9.38. The minimum absolute atomic E-state index is 0.0808. The number of nitrogens with zero attached hydrogens (tertiary/aromatic N) is 1. The van der Waals surface area contributed by atoms with Gasteiger partial charge in [0, 0.05) is 19.1 Å². The zero-order valence-electron chi connectivity index (χ0n) is 12.6. The number of nitrogens with two attached hydrogens (primary N) is 1. The zero-order valence-corrected chi connectivity index (χ0v) is 14.3. The van der Waals surface area contributed by atoms with E-state index in [0.717, 1.165) is 37.3 Å². The van der Waals surface area contributed by atoms with Crippen LogP contribution in [-0.2, 0) is 14.8 Å². The molecule has 2 heterocycles. The van der Waals surface area contributed by atoms with Crippen LogP contribution in [0.2, 0.25) is 0 Å². The smallest absolute Gasteiger partial charge is 0.249 e. The van der Waals surface area contributed by atoms with Crippen molar-refractivity contribution in [2.75, 3.05) is 18.5 Å². The summed E-state index contributed by atoms with van der Waals surface area (Å²) in [4.78, 5) is 4.06. The molecule has 1 aromatic rings. The van der Waals surface area contributed by atoms with E-state index in [9.17, 15) is 8.42 Å². The van der Waals surface area contributed by atoms with Gasteiger partial charge in [0.05, 0.1) is 12.3 Å². The van der Waals surface area contributed by atoms with Crippen LogP contribution in [-0.4, -0.2) is 32.7 Å². The quantitative estimate of drug-likeness (QED) is 0.879. The molecule has 2 unspecified atom stereocenters. The van der Waals surface area contributed by atoms with Gasteiger partial charge in [-0.05, 0) is 18.3 Å². The lowest BCUT2D eigenvalue weighted by Gasteiger charge is -2.40. The summed E-state index contributed by atoms with van der Waals surface area (Å²) < 4.78 is 28.5. The number of ether oxygens (including phenoxy) is 1. The molecule has 1 fully saturated rings. The minimum Gasteiger partial charge on any atom is -0.377 e. The maximum atomic E-state index is 11.2. The maximum absolute atomic E-state index is 11.2. The van der Waals surface area contributed by atoms with E-state index in [1.165, 1.54) is 6.20 Å². The van der Waals surface area contributed by atoms with Gasteiger partial charge in [-0.1, -0.05) is 32.1 Å². The molecule has 0 aliphatic carbocycles. The number of hydrogen-bond acceptors (Lipinski definition) is 6. The molecule has 1 saturated heterocycles. The van der Waals surface area contributed by atoms with Crippen LogP contribution in [0.15, 0.2) is 10.4 Å². The van der Waals surface area contributed by atoms with E-state index in [0.29, 0.717) is 11.0 Å². The normalized spacial score (nSPS) is 24.0. The van der Waals surface area contributed by atoms with Crippen molar-refractivity contribution in [1.82, 2.24) is 4.98 Å². The second-order valence-electron chi connectivity index (χ2n) is 6.47. The average molecular weight is 333 g/mol. The molecule has 0 bridgehead atoms. The van der Waals surface area contributed by atoms with E-state index < -0.39 is 10.0 Å². The Labute approximate surface area is 130 Å². The molecular weight excluding hydrogens is 310 g/mol. The fourth-order valence-corrected chi connectivity index (χ4v) is 4.16. The van der Waals surface area contributed by atoms with Crippen LogP contribution < -0.4 is 10.5 Å². The van der Waals surface area contributed by atoms with Gasteiger partial charge in [0.15, 0.2) is 9.34 Å². The number of rotatable bonds is 4. The molecule has 6 nitrogen and oxygen atoms in total. The van der Waals surface area contributed by atoms with Crippen LogP contribution >= 0.6 is 11.3 Å². The number of thiazole rings is 1. The lowest BCUT2D eigenvalue weighted by Crippen LogP contribution is -2.42. The zero-order chi connectivity index (χ0) is 15.7. The molecule has 0 saturated carbocycles. The molecule has 1 aliphatic heterocycles. The van der Waals surface area contributed by atoms with Crippen LogP contribution in [0.25, 0.3) is 0 Å². The summed E-state index contributed by atoms with van der Waals surface area (Å²) in [7, 11) is -3.67. The Morgan fingerprint density at radius 3 is 2.81 bits per heavy atom. The molecule has 1 aliphatic rings. The molecule has 2 atom stereocenters. The second kappa shape index (κ2) is 6.20. The van der Waals surface area contributed by atoms with Crippen molar-refractivity contribution in [3.63, 3.8) is 0 Å². The van der Waals surface area contributed by atoms with Crippen LogP contribution in [0.1, 0.15) is 33.6 Å². The van der Waals surface area contributed by atoms with E-state index >= 15 is 0 Å². The fourth-order valence-electron chi connectivity index (χ4n) is 2.70. The van der Waals surface area contributed by atoms with Crippen LogP contribution in [0, 0.1) is 11.3 Å². The van der Waals surface area contributed by atoms with Gasteiger partial charge in [-0.2, -0.15) is 0 Å². The van der Waals surface area contributed by atoms with E-state index in [4.69, 9.17) is 9.88 Å². The Morgan fingerprint density at radius 1 is 1.52 bits per heavy atom. The van der Waals surface area contributed by atoms with E-state index in [2.05, 4.69) is 31.1 Å². The number of hydrogen-bond donors (Lipinski definition) is 2. The average Bonchev–Trinajstić information content (AvgIpc) is 2.84. The van der Waals surface area contributed by atoms with Gasteiger partial charge >= 0.3 is 0 Å². The number of anilines is 1. The molecule has 1 aromatic heterocycles. The van der Waals surface area contributed by atoms with Gasteiger partial charge in [0.1, 0.15) is 0 Å². The lowest BCUT2D eigenvalue weighted by atomic mass is 9.78. The highest BCUT2D eigenvalue weighted by molar-refractivity contribution is 7.91. The predicted molar refractivity (Wildman–Crippen MR) is 83.9 cm³/mol. The van der Waals surface area contributed by atoms with Crippen molar-refractivity contribution < 1.29 is 13.2 Å². The van der Waals surface area contributed by atoms with Crippen molar-refractivity contribution in [1.29, 1.82) is 0 Å². The van der Waals surface area contributed by atoms with Gasteiger partial charge in [0.2, 0.25) is 10.0 Å².